The van der Waals surface area contributed by atoms with E-state index in [4.69, 9.17) is 15.7 Å². The number of carbonyl (C=O) groups excluding carboxylic acids is 3. The van der Waals surface area contributed by atoms with E-state index in [1.807, 2.05) is 54.6 Å². The Hall–Kier alpha value is -3.23. The van der Waals surface area contributed by atoms with Gasteiger partial charge in [-0.1, -0.05) is 61.4 Å². The van der Waals surface area contributed by atoms with Crippen LogP contribution in [0.1, 0.15) is 75.3 Å². The van der Waals surface area contributed by atoms with Crippen molar-refractivity contribution in [2.24, 2.45) is 5.73 Å². The molecule has 196 valence electrons. The van der Waals surface area contributed by atoms with Crippen LogP contribution in [0, 0.1) is 0 Å². The quantitative estimate of drug-likeness (QED) is 0.146. The van der Waals surface area contributed by atoms with Crippen LogP contribution in [0.4, 0.5) is 5.69 Å². The summed E-state index contributed by atoms with van der Waals surface area (Å²) in [6.45, 7) is 0.392. The predicted octanol–water partition coefficient (Wildman–Crippen LogP) is 4.64. The molecule has 0 radical (unpaired) electrons. The third kappa shape index (κ3) is 12.0. The Morgan fingerprint density at radius 1 is 0.861 bits per heavy atom. The number of benzene rings is 2. The van der Waals surface area contributed by atoms with Gasteiger partial charge in [0.1, 0.15) is 6.10 Å². The second-order valence-corrected chi connectivity index (χ2v) is 8.92. The Morgan fingerprint density at radius 3 is 2.11 bits per heavy atom. The van der Waals surface area contributed by atoms with Gasteiger partial charge in [0.05, 0.1) is 6.42 Å². The van der Waals surface area contributed by atoms with Gasteiger partial charge in [0.15, 0.2) is 0 Å². The minimum Gasteiger partial charge on any atom is -0.462 e. The zero-order chi connectivity index (χ0) is 26.0. The van der Waals surface area contributed by atoms with E-state index >= 15 is 0 Å². The minimum atomic E-state index is -0.369. The highest BCUT2D eigenvalue weighted by molar-refractivity contribution is 5.91. The molecule has 5 N–H and O–H groups in total. The number of unbranched alkanes of at least 4 members (excludes halogenated alkanes) is 3. The van der Waals surface area contributed by atoms with E-state index in [-0.39, 0.29) is 23.9 Å². The van der Waals surface area contributed by atoms with Crippen molar-refractivity contribution < 1.29 is 24.3 Å². The molecule has 2 amide bonds. The molecule has 2 aromatic rings. The van der Waals surface area contributed by atoms with Crippen molar-refractivity contribution in [1.82, 2.24) is 5.48 Å². The number of hydrogen-bond acceptors (Lipinski definition) is 6. The minimum absolute atomic E-state index is 0.0241. The summed E-state index contributed by atoms with van der Waals surface area (Å²) in [5, 5.41) is 11.2. The van der Waals surface area contributed by atoms with Gasteiger partial charge in [-0.15, -0.1) is 0 Å². The number of esters is 1. The normalized spacial score (nSPS) is 12.8. The number of ether oxygens (including phenoxy) is 1. The van der Waals surface area contributed by atoms with E-state index in [0.717, 1.165) is 48.9 Å². The number of nitrogens with two attached hydrogens (primary N) is 1. The molecule has 2 aromatic carbocycles. The summed E-state index contributed by atoms with van der Waals surface area (Å²) in [5.41, 5.74) is 9.93. The first kappa shape index (κ1) is 29.0. The molecular weight excluding hydrogens is 458 g/mol. The molecule has 3 rings (SSSR count). The van der Waals surface area contributed by atoms with Crippen molar-refractivity contribution in [3.8, 4) is 0 Å². The highest BCUT2D eigenvalue weighted by Crippen LogP contribution is 2.21. The number of carbonyl (C=O) groups is 3. The first-order chi connectivity index (χ1) is 17.5. The van der Waals surface area contributed by atoms with Gasteiger partial charge in [-0.3, -0.25) is 19.6 Å². The molecule has 0 spiro atoms. The van der Waals surface area contributed by atoms with E-state index in [1.165, 1.54) is 12.8 Å². The number of rotatable bonds is 12. The lowest BCUT2D eigenvalue weighted by molar-refractivity contribution is -0.147. The molecule has 1 fully saturated rings. The van der Waals surface area contributed by atoms with Gasteiger partial charge < -0.3 is 15.8 Å². The molecule has 8 nitrogen and oxygen atoms in total. The molecule has 0 unspecified atom stereocenters. The summed E-state index contributed by atoms with van der Waals surface area (Å²) in [6.07, 6.45) is 9.05. The molecule has 36 heavy (non-hydrogen) atoms. The third-order valence-electron chi connectivity index (χ3n) is 5.99. The van der Waals surface area contributed by atoms with Crippen LogP contribution in [-0.2, 0) is 32.1 Å². The van der Waals surface area contributed by atoms with E-state index in [1.54, 1.807) is 5.48 Å². The van der Waals surface area contributed by atoms with Crippen LogP contribution in [0.3, 0.4) is 0 Å². The lowest BCUT2D eigenvalue weighted by Crippen LogP contribution is -2.17. The van der Waals surface area contributed by atoms with Crippen LogP contribution in [0.15, 0.2) is 54.6 Å². The van der Waals surface area contributed by atoms with Crippen LogP contribution in [0.2, 0.25) is 0 Å². The van der Waals surface area contributed by atoms with Gasteiger partial charge >= 0.3 is 5.97 Å². The van der Waals surface area contributed by atoms with Crippen LogP contribution in [0.25, 0.3) is 0 Å². The molecule has 0 aromatic heterocycles. The molecule has 0 saturated heterocycles. The highest BCUT2D eigenvalue weighted by Gasteiger charge is 2.19. The van der Waals surface area contributed by atoms with Gasteiger partial charge in [0.2, 0.25) is 11.8 Å². The Kier molecular flexibility index (Phi) is 13.9. The molecule has 0 heterocycles. The summed E-state index contributed by atoms with van der Waals surface area (Å²) in [4.78, 5) is 34.1. The van der Waals surface area contributed by atoms with Gasteiger partial charge in [0, 0.05) is 25.1 Å². The number of para-hydroxylation sites is 1. The molecular formula is C28H39N3O5. The van der Waals surface area contributed by atoms with Crippen LogP contribution in [0.5, 0.6) is 0 Å². The average Bonchev–Trinajstić information content (AvgIpc) is 3.40. The van der Waals surface area contributed by atoms with Gasteiger partial charge in [0.25, 0.3) is 0 Å². The maximum absolute atomic E-state index is 11.8. The van der Waals surface area contributed by atoms with Crippen LogP contribution in [-0.4, -0.2) is 29.1 Å². The Balaban J connectivity index is 0.000000267. The number of anilines is 1. The summed E-state index contributed by atoms with van der Waals surface area (Å²) < 4.78 is 5.38. The fourth-order valence-corrected chi connectivity index (χ4v) is 4.01. The Bertz CT molecular complexity index is 930. The first-order valence-electron chi connectivity index (χ1n) is 12.8. The van der Waals surface area contributed by atoms with Gasteiger partial charge in [-0.2, -0.15) is 0 Å². The fraction of sp³-hybridized carbons (Fsp3) is 0.464. The van der Waals surface area contributed by atoms with E-state index in [9.17, 15) is 14.4 Å². The molecule has 8 heteroatoms. The summed E-state index contributed by atoms with van der Waals surface area (Å²) in [7, 11) is 0. The lowest BCUT2D eigenvalue weighted by Gasteiger charge is -2.10. The molecule has 1 aliphatic rings. The van der Waals surface area contributed by atoms with Crippen LogP contribution >= 0.6 is 0 Å². The van der Waals surface area contributed by atoms with E-state index in [2.05, 4.69) is 5.32 Å². The smallest absolute Gasteiger partial charge is 0.310 e. The number of hydrogen-bond donors (Lipinski definition) is 4. The third-order valence-corrected chi connectivity index (χ3v) is 5.99. The van der Waals surface area contributed by atoms with Crippen molar-refractivity contribution in [2.75, 3.05) is 5.32 Å². The molecule has 1 saturated carbocycles. The first-order valence-corrected chi connectivity index (χ1v) is 12.8. The molecule has 0 aliphatic heterocycles. The van der Waals surface area contributed by atoms with Crippen molar-refractivity contribution >= 4 is 23.5 Å². The largest absolute Gasteiger partial charge is 0.462 e. The Labute approximate surface area is 213 Å². The fourth-order valence-electron chi connectivity index (χ4n) is 4.01. The zero-order valence-corrected chi connectivity index (χ0v) is 20.9. The Morgan fingerprint density at radius 2 is 1.47 bits per heavy atom. The molecule has 0 bridgehead atoms. The van der Waals surface area contributed by atoms with Crippen molar-refractivity contribution in [3.63, 3.8) is 0 Å². The van der Waals surface area contributed by atoms with Gasteiger partial charge in [-0.05, 0) is 55.7 Å². The van der Waals surface area contributed by atoms with Crippen molar-refractivity contribution in [1.29, 1.82) is 0 Å². The molecule has 0 atom stereocenters. The second-order valence-electron chi connectivity index (χ2n) is 8.92. The maximum atomic E-state index is 11.8. The highest BCUT2D eigenvalue weighted by atomic mass is 16.5. The summed E-state index contributed by atoms with van der Waals surface area (Å²) in [5.74, 6) is -0.483. The standard InChI is InChI=1S/C15H23N3O3.C13H16O2/c16-11-12-7-5-6-8-13(12)17-14(19)9-3-1-2-4-10-15(20)18-21;14-13(15-12-8-4-5-9-12)10-11-6-2-1-3-7-11/h5-8,21H,1-4,9-11,16H2,(H,17,19)(H,18,20);1-3,6-7,12H,4-5,8-10H2. The lowest BCUT2D eigenvalue weighted by atomic mass is 10.1. The molecule has 1 aliphatic carbocycles. The maximum Gasteiger partial charge on any atom is 0.310 e. The van der Waals surface area contributed by atoms with Crippen molar-refractivity contribution in [2.45, 2.75) is 83.3 Å². The topological polar surface area (TPSA) is 131 Å². The monoisotopic (exact) mass is 497 g/mol. The van der Waals surface area contributed by atoms with E-state index < -0.39 is 0 Å². The van der Waals surface area contributed by atoms with E-state index in [0.29, 0.717) is 32.2 Å². The van der Waals surface area contributed by atoms with Gasteiger partial charge in [-0.25, -0.2) is 5.48 Å². The zero-order valence-electron chi connectivity index (χ0n) is 20.9. The average molecular weight is 498 g/mol. The number of amides is 2. The summed E-state index contributed by atoms with van der Waals surface area (Å²) >= 11 is 0. The number of hydroxylamine groups is 1. The summed E-state index contributed by atoms with van der Waals surface area (Å²) in [6, 6.07) is 17.2. The van der Waals surface area contributed by atoms with Crippen molar-refractivity contribution in [3.05, 3.63) is 65.7 Å². The SMILES string of the molecule is NCc1ccccc1NC(=O)CCCCCCC(=O)NO.O=C(Cc1ccccc1)OC1CCCC1. The number of nitrogens with one attached hydrogen (secondary N) is 2. The second kappa shape index (κ2) is 17.2. The predicted molar refractivity (Wildman–Crippen MR) is 139 cm³/mol. The van der Waals surface area contributed by atoms with Crippen LogP contribution < -0.4 is 16.5 Å².